The van der Waals surface area contributed by atoms with Crippen LogP contribution in [0.2, 0.25) is 0 Å². The summed E-state index contributed by atoms with van der Waals surface area (Å²) in [7, 11) is 0. The van der Waals surface area contributed by atoms with E-state index in [1.54, 1.807) is 6.26 Å². The molecule has 0 fully saturated rings. The largest absolute Gasteiger partial charge is 0.444 e. The lowest BCUT2D eigenvalue weighted by molar-refractivity contribution is 0.550. The van der Waals surface area contributed by atoms with Gasteiger partial charge in [0.05, 0.1) is 0 Å². The molecule has 2 heterocycles. The van der Waals surface area contributed by atoms with Crippen molar-refractivity contribution in [2.24, 2.45) is 0 Å². The van der Waals surface area contributed by atoms with Gasteiger partial charge in [0, 0.05) is 15.6 Å². The molecule has 0 unspecified atom stereocenters. The molecule has 2 aromatic heterocycles. The van der Waals surface area contributed by atoms with E-state index >= 15 is 0 Å². The van der Waals surface area contributed by atoms with Crippen LogP contribution in [0.4, 0.5) is 0 Å². The van der Waals surface area contributed by atoms with Crippen molar-refractivity contribution >= 4 is 15.9 Å². The van der Waals surface area contributed by atoms with Crippen molar-refractivity contribution < 1.29 is 4.42 Å². The van der Waals surface area contributed by atoms with Gasteiger partial charge in [-0.1, -0.05) is 33.6 Å². The Morgan fingerprint density at radius 1 is 1.08 bits per heavy atom. The second-order valence-electron chi connectivity index (χ2n) is 6.11. The van der Waals surface area contributed by atoms with Gasteiger partial charge < -0.3 is 4.42 Å². The van der Waals surface area contributed by atoms with E-state index in [9.17, 15) is 0 Å². The van der Waals surface area contributed by atoms with Crippen LogP contribution in [0.1, 0.15) is 16.8 Å². The summed E-state index contributed by atoms with van der Waals surface area (Å²) in [4.78, 5) is 6.07. The molecule has 0 aliphatic heterocycles. The van der Waals surface area contributed by atoms with Crippen LogP contribution in [0.3, 0.4) is 0 Å². The van der Waals surface area contributed by atoms with E-state index in [0.29, 0.717) is 18.3 Å². The van der Waals surface area contributed by atoms with Gasteiger partial charge in [0.15, 0.2) is 0 Å². The number of benzene rings is 2. The summed E-state index contributed by atoms with van der Waals surface area (Å²) in [6, 6.07) is 14.0. The van der Waals surface area contributed by atoms with Gasteiger partial charge in [0.25, 0.3) is 0 Å². The van der Waals surface area contributed by atoms with Gasteiger partial charge in [0.1, 0.15) is 18.5 Å². The Morgan fingerprint density at radius 3 is 2.65 bits per heavy atom. The quantitative estimate of drug-likeness (QED) is 0.498. The van der Waals surface area contributed by atoms with Crippen LogP contribution in [0, 0.1) is 13.8 Å². The van der Waals surface area contributed by atoms with Gasteiger partial charge in [-0.25, -0.2) is 4.98 Å². The molecule has 7 heteroatoms. The molecule has 0 amide bonds. The highest BCUT2D eigenvalue weighted by Crippen LogP contribution is 2.24. The summed E-state index contributed by atoms with van der Waals surface area (Å²) in [6.07, 6.45) is 1.64. The maximum absolute atomic E-state index is 5.64. The van der Waals surface area contributed by atoms with Crippen LogP contribution < -0.4 is 0 Å². The van der Waals surface area contributed by atoms with E-state index < -0.39 is 0 Å². The van der Waals surface area contributed by atoms with Crippen molar-refractivity contribution in [3.05, 3.63) is 70.0 Å². The fourth-order valence-electron chi connectivity index (χ4n) is 2.73. The number of hydrogen-bond acceptors (Lipinski definition) is 5. The van der Waals surface area contributed by atoms with Crippen LogP contribution >= 0.6 is 15.9 Å². The highest BCUT2D eigenvalue weighted by Gasteiger charge is 2.12. The number of aromatic nitrogens is 5. The number of rotatable bonds is 4. The zero-order valence-corrected chi connectivity index (χ0v) is 15.9. The van der Waals surface area contributed by atoms with Crippen molar-refractivity contribution in [1.29, 1.82) is 0 Å². The van der Waals surface area contributed by atoms with Crippen molar-refractivity contribution in [2.75, 3.05) is 0 Å². The molecule has 4 aromatic rings. The number of aryl methyl sites for hydroxylation is 2. The fourth-order valence-corrected chi connectivity index (χ4v) is 2.99. The predicted octanol–water partition coefficient (Wildman–Crippen LogP) is 4.42. The Kier molecular flexibility index (Phi) is 4.38. The van der Waals surface area contributed by atoms with Crippen LogP contribution in [0.15, 0.2) is 57.6 Å². The first-order valence-corrected chi connectivity index (χ1v) is 8.93. The van der Waals surface area contributed by atoms with Crippen molar-refractivity contribution in [3.63, 3.8) is 0 Å². The molecular formula is C19H16BrN5O. The minimum absolute atomic E-state index is 0.401. The summed E-state index contributed by atoms with van der Waals surface area (Å²) in [5.41, 5.74) is 5.00. The Hall–Kier alpha value is -2.80. The standard InChI is InChI=1S/C19H16BrN5O/c1-12-3-8-17(13(2)9-12)19-21-16(11-26-19)10-25-23-18(22-24-25)14-4-6-15(20)7-5-14/h3-9,11H,10H2,1-2H3. The van der Waals surface area contributed by atoms with Crippen molar-refractivity contribution in [2.45, 2.75) is 20.4 Å². The van der Waals surface area contributed by atoms with E-state index in [2.05, 4.69) is 62.3 Å². The molecule has 0 atom stereocenters. The van der Waals surface area contributed by atoms with E-state index in [1.165, 1.54) is 10.4 Å². The normalized spacial score (nSPS) is 11.0. The van der Waals surface area contributed by atoms with Crippen molar-refractivity contribution in [3.8, 4) is 22.8 Å². The molecule has 0 aliphatic rings. The van der Waals surface area contributed by atoms with E-state index in [4.69, 9.17) is 4.42 Å². The first-order valence-electron chi connectivity index (χ1n) is 8.14. The van der Waals surface area contributed by atoms with Gasteiger partial charge in [-0.15, -0.1) is 10.2 Å². The van der Waals surface area contributed by atoms with Crippen LogP contribution in [-0.4, -0.2) is 25.2 Å². The lowest BCUT2D eigenvalue weighted by Crippen LogP contribution is -2.04. The zero-order chi connectivity index (χ0) is 18.1. The number of oxazole rings is 1. The average Bonchev–Trinajstić information content (AvgIpc) is 3.26. The summed E-state index contributed by atoms with van der Waals surface area (Å²) < 4.78 is 6.65. The minimum atomic E-state index is 0.401. The number of tetrazole rings is 1. The Morgan fingerprint density at radius 2 is 1.88 bits per heavy atom. The average molecular weight is 410 g/mol. The molecule has 0 aliphatic carbocycles. The first-order chi connectivity index (χ1) is 12.6. The van der Waals surface area contributed by atoms with Gasteiger partial charge in [-0.05, 0) is 55.0 Å². The predicted molar refractivity (Wildman–Crippen MR) is 101 cm³/mol. The third-order valence-corrected chi connectivity index (χ3v) is 4.55. The van der Waals surface area contributed by atoms with E-state index in [0.717, 1.165) is 26.9 Å². The lowest BCUT2D eigenvalue weighted by atomic mass is 10.1. The Balaban J connectivity index is 1.53. The van der Waals surface area contributed by atoms with E-state index in [1.807, 2.05) is 30.3 Å². The third-order valence-electron chi connectivity index (χ3n) is 4.02. The molecule has 0 bridgehead atoms. The van der Waals surface area contributed by atoms with Crippen LogP contribution in [0.5, 0.6) is 0 Å². The number of hydrogen-bond donors (Lipinski definition) is 0. The lowest BCUT2D eigenvalue weighted by Gasteiger charge is -2.02. The second kappa shape index (κ2) is 6.84. The summed E-state index contributed by atoms with van der Waals surface area (Å²) in [5, 5.41) is 12.6. The molecule has 26 heavy (non-hydrogen) atoms. The van der Waals surface area contributed by atoms with Gasteiger partial charge in [-0.3, -0.25) is 0 Å². The van der Waals surface area contributed by atoms with Crippen LogP contribution in [-0.2, 0) is 6.54 Å². The molecule has 0 spiro atoms. The van der Waals surface area contributed by atoms with Gasteiger partial charge in [0.2, 0.25) is 11.7 Å². The summed E-state index contributed by atoms with van der Waals surface area (Å²) in [5.74, 6) is 1.18. The Labute approximate surface area is 159 Å². The molecule has 0 radical (unpaired) electrons. The van der Waals surface area contributed by atoms with Gasteiger partial charge >= 0.3 is 0 Å². The topological polar surface area (TPSA) is 69.6 Å². The maximum atomic E-state index is 5.64. The molecule has 0 saturated carbocycles. The molecule has 6 nitrogen and oxygen atoms in total. The molecule has 0 N–H and O–H groups in total. The third kappa shape index (κ3) is 3.43. The smallest absolute Gasteiger partial charge is 0.226 e. The second-order valence-corrected chi connectivity index (χ2v) is 7.03. The van der Waals surface area contributed by atoms with E-state index in [-0.39, 0.29) is 0 Å². The molecule has 4 rings (SSSR count). The maximum Gasteiger partial charge on any atom is 0.226 e. The molecular weight excluding hydrogens is 394 g/mol. The molecule has 0 saturated heterocycles. The van der Waals surface area contributed by atoms with Crippen molar-refractivity contribution in [1.82, 2.24) is 25.2 Å². The number of nitrogens with zero attached hydrogens (tertiary/aromatic N) is 5. The highest BCUT2D eigenvalue weighted by atomic mass is 79.9. The highest BCUT2D eigenvalue weighted by molar-refractivity contribution is 9.10. The summed E-state index contributed by atoms with van der Waals surface area (Å²) >= 11 is 3.42. The van der Waals surface area contributed by atoms with Crippen LogP contribution in [0.25, 0.3) is 22.8 Å². The zero-order valence-electron chi connectivity index (χ0n) is 14.3. The number of halogens is 1. The monoisotopic (exact) mass is 409 g/mol. The summed E-state index contributed by atoms with van der Waals surface area (Å²) in [6.45, 7) is 4.52. The molecule has 2 aromatic carbocycles. The minimum Gasteiger partial charge on any atom is -0.444 e. The fraction of sp³-hybridized carbons (Fsp3) is 0.158. The molecule has 130 valence electrons. The Bertz CT molecular complexity index is 1050. The van der Waals surface area contributed by atoms with Gasteiger partial charge in [-0.2, -0.15) is 4.80 Å². The first kappa shape index (κ1) is 16.7. The SMILES string of the molecule is Cc1ccc(-c2nc(Cn3nnc(-c4ccc(Br)cc4)n3)co2)c(C)c1.